The van der Waals surface area contributed by atoms with Crippen LogP contribution in [0.15, 0.2) is 24.4 Å². The van der Waals surface area contributed by atoms with Crippen molar-refractivity contribution in [2.24, 2.45) is 0 Å². The third-order valence-corrected chi connectivity index (χ3v) is 3.69. The molecular weight excluding hydrogens is 238 g/mol. The maximum absolute atomic E-state index is 12.1. The lowest BCUT2D eigenvalue weighted by Crippen LogP contribution is -2.49. The Morgan fingerprint density at radius 2 is 2.32 bits per heavy atom. The van der Waals surface area contributed by atoms with Gasteiger partial charge in [0.1, 0.15) is 0 Å². The van der Waals surface area contributed by atoms with Crippen molar-refractivity contribution in [2.45, 2.75) is 44.6 Å². The van der Waals surface area contributed by atoms with Crippen LogP contribution in [-0.4, -0.2) is 30.0 Å². The number of pyridine rings is 1. The van der Waals surface area contributed by atoms with E-state index in [1.807, 2.05) is 18.2 Å². The molecule has 4 heteroatoms. The molecule has 2 heterocycles. The van der Waals surface area contributed by atoms with Crippen molar-refractivity contribution in [2.75, 3.05) is 13.1 Å². The molecule has 1 saturated heterocycles. The summed E-state index contributed by atoms with van der Waals surface area (Å²) >= 11 is 0. The highest BCUT2D eigenvalue weighted by atomic mass is 16.2. The van der Waals surface area contributed by atoms with E-state index in [9.17, 15) is 4.79 Å². The van der Waals surface area contributed by atoms with Crippen LogP contribution in [0.3, 0.4) is 0 Å². The van der Waals surface area contributed by atoms with Crippen molar-refractivity contribution in [3.05, 3.63) is 30.1 Å². The second-order valence-electron chi connectivity index (χ2n) is 5.82. The van der Waals surface area contributed by atoms with Crippen LogP contribution >= 0.6 is 0 Å². The molecule has 1 aromatic rings. The number of carbonyl (C=O) groups excluding carboxylic acids is 1. The first-order valence-electron chi connectivity index (χ1n) is 7.02. The first-order chi connectivity index (χ1) is 9.09. The molecule has 1 aromatic heterocycles. The Labute approximate surface area is 115 Å². The van der Waals surface area contributed by atoms with Crippen molar-refractivity contribution < 1.29 is 4.79 Å². The highest BCUT2D eigenvalue weighted by Crippen LogP contribution is 2.19. The lowest BCUT2D eigenvalue weighted by molar-refractivity contribution is -0.123. The highest BCUT2D eigenvalue weighted by Gasteiger charge is 2.25. The Hall–Kier alpha value is -1.42. The van der Waals surface area contributed by atoms with Crippen LogP contribution in [0.2, 0.25) is 0 Å². The number of rotatable bonds is 4. The van der Waals surface area contributed by atoms with Gasteiger partial charge in [-0.3, -0.25) is 9.78 Å². The van der Waals surface area contributed by atoms with Gasteiger partial charge < -0.3 is 10.6 Å². The standard InChI is InChI=1S/C15H23N3O/c1-15(2,13-8-4-6-10-17-13)11-18-14(19)12-7-3-5-9-16-12/h4,6,8,10,12,16H,3,5,7,9,11H2,1-2H3,(H,18,19). The Bertz CT molecular complexity index is 411. The fraction of sp³-hybridized carbons (Fsp3) is 0.600. The van der Waals surface area contributed by atoms with E-state index in [2.05, 4.69) is 29.5 Å². The van der Waals surface area contributed by atoms with E-state index >= 15 is 0 Å². The lowest BCUT2D eigenvalue weighted by Gasteiger charge is -2.27. The molecule has 1 aliphatic rings. The van der Waals surface area contributed by atoms with Crippen LogP contribution in [0.1, 0.15) is 38.8 Å². The van der Waals surface area contributed by atoms with Crippen molar-refractivity contribution in [1.82, 2.24) is 15.6 Å². The molecule has 104 valence electrons. The molecule has 1 amide bonds. The zero-order valence-electron chi connectivity index (χ0n) is 11.8. The summed E-state index contributed by atoms with van der Waals surface area (Å²) in [6, 6.07) is 5.87. The Morgan fingerprint density at radius 3 is 2.95 bits per heavy atom. The SMILES string of the molecule is CC(C)(CNC(=O)C1CCCCN1)c1ccccn1. The Kier molecular flexibility index (Phi) is 4.53. The molecule has 1 fully saturated rings. The van der Waals surface area contributed by atoms with Crippen LogP contribution in [0, 0.1) is 0 Å². The summed E-state index contributed by atoms with van der Waals surface area (Å²) in [6.45, 7) is 5.76. The lowest BCUT2D eigenvalue weighted by atomic mass is 9.88. The van der Waals surface area contributed by atoms with Crippen LogP contribution in [0.4, 0.5) is 0 Å². The van der Waals surface area contributed by atoms with E-state index in [0.29, 0.717) is 6.54 Å². The summed E-state index contributed by atoms with van der Waals surface area (Å²) in [5.74, 6) is 0.115. The zero-order valence-corrected chi connectivity index (χ0v) is 11.8. The number of hydrogen-bond donors (Lipinski definition) is 2. The quantitative estimate of drug-likeness (QED) is 0.866. The number of carbonyl (C=O) groups is 1. The minimum absolute atomic E-state index is 0.0201. The first kappa shape index (κ1) is 14.0. The van der Waals surface area contributed by atoms with Gasteiger partial charge >= 0.3 is 0 Å². The maximum atomic E-state index is 12.1. The van der Waals surface area contributed by atoms with Gasteiger partial charge in [-0.05, 0) is 31.5 Å². The van der Waals surface area contributed by atoms with Gasteiger partial charge in [-0.2, -0.15) is 0 Å². The predicted molar refractivity (Wildman–Crippen MR) is 75.9 cm³/mol. The topological polar surface area (TPSA) is 54.0 Å². The molecule has 0 bridgehead atoms. The maximum Gasteiger partial charge on any atom is 0.237 e. The molecule has 19 heavy (non-hydrogen) atoms. The minimum atomic E-state index is -0.147. The number of nitrogens with zero attached hydrogens (tertiary/aromatic N) is 1. The Morgan fingerprint density at radius 1 is 1.47 bits per heavy atom. The molecule has 0 spiro atoms. The molecule has 1 unspecified atom stereocenters. The highest BCUT2D eigenvalue weighted by molar-refractivity contribution is 5.81. The summed E-state index contributed by atoms with van der Waals surface area (Å²) in [5, 5.41) is 6.32. The molecule has 4 nitrogen and oxygen atoms in total. The van der Waals surface area contributed by atoms with Crippen molar-refractivity contribution in [3.63, 3.8) is 0 Å². The molecule has 2 N–H and O–H groups in total. The van der Waals surface area contributed by atoms with Crippen molar-refractivity contribution in [1.29, 1.82) is 0 Å². The molecule has 1 aliphatic heterocycles. The third-order valence-electron chi connectivity index (χ3n) is 3.69. The van der Waals surface area contributed by atoms with E-state index in [1.165, 1.54) is 6.42 Å². The number of aromatic nitrogens is 1. The van der Waals surface area contributed by atoms with E-state index < -0.39 is 0 Å². The predicted octanol–water partition coefficient (Wildman–Crippen LogP) is 1.62. The molecule has 0 radical (unpaired) electrons. The van der Waals surface area contributed by atoms with Crippen LogP contribution < -0.4 is 10.6 Å². The minimum Gasteiger partial charge on any atom is -0.354 e. The summed E-state index contributed by atoms with van der Waals surface area (Å²) in [5.41, 5.74) is 0.859. The number of amides is 1. The smallest absolute Gasteiger partial charge is 0.237 e. The fourth-order valence-electron chi connectivity index (χ4n) is 2.36. The van der Waals surface area contributed by atoms with E-state index in [1.54, 1.807) is 6.20 Å². The number of nitrogens with one attached hydrogen (secondary N) is 2. The largest absolute Gasteiger partial charge is 0.354 e. The molecule has 0 saturated carbocycles. The van der Waals surface area contributed by atoms with Gasteiger partial charge in [0, 0.05) is 23.9 Å². The average Bonchev–Trinajstić information content (AvgIpc) is 2.47. The van der Waals surface area contributed by atoms with Crippen LogP contribution in [-0.2, 0) is 10.2 Å². The van der Waals surface area contributed by atoms with E-state index in [0.717, 1.165) is 25.1 Å². The number of piperidine rings is 1. The van der Waals surface area contributed by atoms with E-state index in [-0.39, 0.29) is 17.4 Å². The normalized spacial score (nSPS) is 20.0. The average molecular weight is 261 g/mol. The van der Waals surface area contributed by atoms with Gasteiger partial charge in [0.25, 0.3) is 0 Å². The van der Waals surface area contributed by atoms with Gasteiger partial charge in [-0.25, -0.2) is 0 Å². The molecule has 0 aromatic carbocycles. The molecule has 2 rings (SSSR count). The summed E-state index contributed by atoms with van der Waals surface area (Å²) in [7, 11) is 0. The Balaban J connectivity index is 1.88. The van der Waals surface area contributed by atoms with Crippen LogP contribution in [0.5, 0.6) is 0 Å². The van der Waals surface area contributed by atoms with Crippen molar-refractivity contribution in [3.8, 4) is 0 Å². The van der Waals surface area contributed by atoms with Crippen molar-refractivity contribution >= 4 is 5.91 Å². The van der Waals surface area contributed by atoms with Gasteiger partial charge in [0.2, 0.25) is 5.91 Å². The fourth-order valence-corrected chi connectivity index (χ4v) is 2.36. The summed E-state index contributed by atoms with van der Waals surface area (Å²) in [4.78, 5) is 16.5. The summed E-state index contributed by atoms with van der Waals surface area (Å²) < 4.78 is 0. The number of hydrogen-bond acceptors (Lipinski definition) is 3. The van der Waals surface area contributed by atoms with Crippen LogP contribution in [0.25, 0.3) is 0 Å². The van der Waals surface area contributed by atoms with Gasteiger partial charge in [-0.1, -0.05) is 26.3 Å². The molecular formula is C15H23N3O. The second-order valence-corrected chi connectivity index (χ2v) is 5.82. The molecule has 0 aliphatic carbocycles. The van der Waals surface area contributed by atoms with Gasteiger partial charge in [-0.15, -0.1) is 0 Å². The third kappa shape index (κ3) is 3.77. The summed E-state index contributed by atoms with van der Waals surface area (Å²) in [6.07, 6.45) is 5.04. The van der Waals surface area contributed by atoms with Gasteiger partial charge in [0.15, 0.2) is 0 Å². The molecule has 1 atom stereocenters. The zero-order chi connectivity index (χ0) is 13.7. The first-order valence-corrected chi connectivity index (χ1v) is 7.02. The second kappa shape index (κ2) is 6.15. The monoisotopic (exact) mass is 261 g/mol. The van der Waals surface area contributed by atoms with Gasteiger partial charge in [0.05, 0.1) is 6.04 Å². The van der Waals surface area contributed by atoms with E-state index in [4.69, 9.17) is 0 Å².